The van der Waals surface area contributed by atoms with Gasteiger partial charge in [-0.1, -0.05) is 22.4 Å². The zero-order valence-corrected chi connectivity index (χ0v) is 13.3. The maximum absolute atomic E-state index is 10.5. The van der Waals surface area contributed by atoms with Gasteiger partial charge in [-0.15, -0.1) is 0 Å². The Kier molecular flexibility index (Phi) is 4.40. The predicted octanol–water partition coefficient (Wildman–Crippen LogP) is 3.57. The summed E-state index contributed by atoms with van der Waals surface area (Å²) in [5.41, 5.74) is 2.42. The van der Waals surface area contributed by atoms with Gasteiger partial charge in [0.1, 0.15) is 5.75 Å². The van der Waals surface area contributed by atoms with Gasteiger partial charge in [0.2, 0.25) is 0 Å². The molecule has 19 heavy (non-hydrogen) atoms. The largest absolute Gasteiger partial charge is 0.493 e. The Morgan fingerprint density at radius 2 is 2.32 bits per heavy atom. The minimum absolute atomic E-state index is 0.257. The Balaban J connectivity index is 1.75. The Hall–Kier alpha value is -0.190. The van der Waals surface area contributed by atoms with E-state index < -0.39 is 0 Å². The lowest BCUT2D eigenvalue weighted by Crippen LogP contribution is -2.28. The molecular formula is C15H19BrO2S. The molecule has 0 radical (unpaired) electrons. The fourth-order valence-corrected chi connectivity index (χ4v) is 4.80. The van der Waals surface area contributed by atoms with Crippen LogP contribution in [0.1, 0.15) is 30.4 Å². The number of thioether (sulfide) groups is 1. The number of aliphatic hydroxyl groups excluding tert-OH is 1. The van der Waals surface area contributed by atoms with E-state index in [9.17, 15) is 5.11 Å². The molecule has 0 saturated carbocycles. The third kappa shape index (κ3) is 3.11. The van der Waals surface area contributed by atoms with E-state index in [0.717, 1.165) is 35.2 Å². The smallest absolute Gasteiger partial charge is 0.125 e. The van der Waals surface area contributed by atoms with Crippen LogP contribution < -0.4 is 4.74 Å². The SMILES string of the molecule is OC(Cc1cc(Br)cc2c1OCC2)C1CCCCS1. The van der Waals surface area contributed by atoms with Crippen LogP contribution in [-0.4, -0.2) is 28.8 Å². The highest BCUT2D eigenvalue weighted by Gasteiger charge is 2.25. The monoisotopic (exact) mass is 342 g/mol. The average Bonchev–Trinajstić information content (AvgIpc) is 2.88. The minimum Gasteiger partial charge on any atom is -0.493 e. The van der Waals surface area contributed by atoms with Gasteiger partial charge >= 0.3 is 0 Å². The molecule has 2 atom stereocenters. The summed E-state index contributed by atoms with van der Waals surface area (Å²) in [6.07, 6.45) is 5.12. The van der Waals surface area contributed by atoms with Crippen molar-refractivity contribution >= 4 is 27.7 Å². The van der Waals surface area contributed by atoms with Crippen LogP contribution in [0.15, 0.2) is 16.6 Å². The molecule has 2 aliphatic heterocycles. The third-order valence-corrected chi connectivity index (χ3v) is 5.86. The molecule has 2 aliphatic rings. The van der Waals surface area contributed by atoms with Crippen molar-refractivity contribution in [2.24, 2.45) is 0 Å². The topological polar surface area (TPSA) is 29.5 Å². The molecule has 4 heteroatoms. The first kappa shape index (κ1) is 13.8. The second-order valence-corrected chi connectivity index (χ2v) is 7.59. The van der Waals surface area contributed by atoms with E-state index in [2.05, 4.69) is 28.1 Å². The van der Waals surface area contributed by atoms with Gasteiger partial charge in [-0.25, -0.2) is 0 Å². The summed E-state index contributed by atoms with van der Waals surface area (Å²) >= 11 is 5.48. The van der Waals surface area contributed by atoms with Crippen LogP contribution in [0.5, 0.6) is 5.75 Å². The van der Waals surface area contributed by atoms with E-state index in [1.54, 1.807) is 0 Å². The molecule has 2 heterocycles. The normalized spacial score (nSPS) is 23.8. The lowest BCUT2D eigenvalue weighted by atomic mass is 9.99. The van der Waals surface area contributed by atoms with E-state index >= 15 is 0 Å². The lowest BCUT2D eigenvalue weighted by molar-refractivity contribution is 0.165. The summed E-state index contributed by atoms with van der Waals surface area (Å²) in [5.74, 6) is 2.21. The van der Waals surface area contributed by atoms with E-state index in [0.29, 0.717) is 11.7 Å². The second kappa shape index (κ2) is 6.06. The third-order valence-electron chi connectivity index (χ3n) is 3.90. The summed E-state index contributed by atoms with van der Waals surface area (Å²) in [7, 11) is 0. The Labute approximate surface area is 127 Å². The van der Waals surface area contributed by atoms with Crippen molar-refractivity contribution in [2.75, 3.05) is 12.4 Å². The molecule has 0 aliphatic carbocycles. The highest BCUT2D eigenvalue weighted by molar-refractivity contribution is 9.10. The molecule has 0 spiro atoms. The van der Waals surface area contributed by atoms with Crippen molar-refractivity contribution in [3.05, 3.63) is 27.7 Å². The van der Waals surface area contributed by atoms with Crippen molar-refractivity contribution in [3.8, 4) is 5.75 Å². The van der Waals surface area contributed by atoms with E-state index in [-0.39, 0.29) is 6.10 Å². The first-order chi connectivity index (χ1) is 9.24. The maximum Gasteiger partial charge on any atom is 0.125 e. The molecule has 0 aromatic heterocycles. The van der Waals surface area contributed by atoms with Gasteiger partial charge < -0.3 is 9.84 Å². The highest BCUT2D eigenvalue weighted by Crippen LogP contribution is 2.36. The molecule has 3 rings (SSSR count). The number of benzene rings is 1. The number of fused-ring (bicyclic) bond motifs is 1. The van der Waals surface area contributed by atoms with Crippen LogP contribution >= 0.6 is 27.7 Å². The van der Waals surface area contributed by atoms with Crippen molar-refractivity contribution in [2.45, 2.75) is 43.5 Å². The van der Waals surface area contributed by atoms with E-state index in [1.807, 2.05) is 11.8 Å². The Morgan fingerprint density at radius 1 is 1.42 bits per heavy atom. The van der Waals surface area contributed by atoms with Crippen molar-refractivity contribution in [1.29, 1.82) is 0 Å². The van der Waals surface area contributed by atoms with Gasteiger partial charge in [0.25, 0.3) is 0 Å². The van der Waals surface area contributed by atoms with Crippen LogP contribution in [-0.2, 0) is 12.8 Å². The molecule has 1 aromatic rings. The number of ether oxygens (including phenoxy) is 1. The molecule has 2 unspecified atom stereocenters. The van der Waals surface area contributed by atoms with Gasteiger partial charge in [-0.05, 0) is 41.9 Å². The van der Waals surface area contributed by atoms with Crippen LogP contribution in [0, 0.1) is 0 Å². The quantitative estimate of drug-likeness (QED) is 0.910. The summed E-state index contributed by atoms with van der Waals surface area (Å²) in [6, 6.07) is 4.23. The standard InChI is InChI=1S/C15H19BrO2S/c16-12-7-10-4-5-18-15(10)11(8-12)9-13(17)14-3-1-2-6-19-14/h7-8,13-14,17H,1-6,9H2. The van der Waals surface area contributed by atoms with Crippen LogP contribution in [0.25, 0.3) is 0 Å². The molecule has 1 aromatic carbocycles. The zero-order valence-electron chi connectivity index (χ0n) is 10.9. The summed E-state index contributed by atoms with van der Waals surface area (Å²) < 4.78 is 6.83. The van der Waals surface area contributed by atoms with Gasteiger partial charge in [0.15, 0.2) is 0 Å². The van der Waals surface area contributed by atoms with Crippen molar-refractivity contribution in [1.82, 2.24) is 0 Å². The van der Waals surface area contributed by atoms with Gasteiger partial charge in [0, 0.05) is 22.6 Å². The van der Waals surface area contributed by atoms with E-state index in [1.165, 1.54) is 24.2 Å². The molecule has 0 bridgehead atoms. The number of rotatable bonds is 3. The first-order valence-corrected chi connectivity index (χ1v) is 8.82. The number of hydrogen-bond acceptors (Lipinski definition) is 3. The maximum atomic E-state index is 10.5. The van der Waals surface area contributed by atoms with Crippen LogP contribution in [0.3, 0.4) is 0 Å². The molecule has 1 N–H and O–H groups in total. The van der Waals surface area contributed by atoms with Gasteiger partial charge in [-0.3, -0.25) is 0 Å². The molecule has 104 valence electrons. The lowest BCUT2D eigenvalue weighted by Gasteiger charge is -2.26. The zero-order chi connectivity index (χ0) is 13.2. The Bertz CT molecular complexity index is 458. The fourth-order valence-electron chi connectivity index (χ4n) is 2.92. The van der Waals surface area contributed by atoms with Crippen molar-refractivity contribution in [3.63, 3.8) is 0 Å². The number of hydrogen-bond donors (Lipinski definition) is 1. The molecule has 0 amide bonds. The van der Waals surface area contributed by atoms with Crippen LogP contribution in [0.4, 0.5) is 0 Å². The number of aliphatic hydroxyl groups is 1. The second-order valence-electron chi connectivity index (χ2n) is 5.33. The predicted molar refractivity (Wildman–Crippen MR) is 83.1 cm³/mol. The van der Waals surface area contributed by atoms with E-state index in [4.69, 9.17) is 4.74 Å². The minimum atomic E-state index is -0.257. The fraction of sp³-hybridized carbons (Fsp3) is 0.600. The van der Waals surface area contributed by atoms with Gasteiger partial charge in [0.05, 0.1) is 12.7 Å². The molecule has 2 nitrogen and oxygen atoms in total. The first-order valence-electron chi connectivity index (χ1n) is 6.98. The highest BCUT2D eigenvalue weighted by atomic mass is 79.9. The summed E-state index contributed by atoms with van der Waals surface area (Å²) in [4.78, 5) is 0. The molecular weight excluding hydrogens is 324 g/mol. The number of halogens is 1. The summed E-state index contributed by atoms with van der Waals surface area (Å²) in [6.45, 7) is 0.771. The average molecular weight is 343 g/mol. The van der Waals surface area contributed by atoms with Gasteiger partial charge in [-0.2, -0.15) is 11.8 Å². The molecule has 1 saturated heterocycles. The summed E-state index contributed by atoms with van der Waals surface area (Å²) in [5, 5.41) is 10.9. The molecule has 1 fully saturated rings. The van der Waals surface area contributed by atoms with Crippen LogP contribution in [0.2, 0.25) is 0 Å². The van der Waals surface area contributed by atoms with Crippen molar-refractivity contribution < 1.29 is 9.84 Å². The Morgan fingerprint density at radius 3 is 3.11 bits per heavy atom.